The number of carbonyl (C=O) groups excluding carboxylic acids is 1. The predicted molar refractivity (Wildman–Crippen MR) is 56.2 cm³/mol. The van der Waals surface area contributed by atoms with Gasteiger partial charge in [0.05, 0.1) is 6.04 Å². The van der Waals surface area contributed by atoms with Gasteiger partial charge in [-0.05, 0) is 25.9 Å². The van der Waals surface area contributed by atoms with Crippen LogP contribution in [0.25, 0.3) is 0 Å². The highest BCUT2D eigenvalue weighted by Crippen LogP contribution is 2.26. The van der Waals surface area contributed by atoms with E-state index in [9.17, 15) is 4.79 Å². The molecule has 0 aromatic heterocycles. The Morgan fingerprint density at radius 1 is 1.50 bits per heavy atom. The lowest BCUT2D eigenvalue weighted by Gasteiger charge is -2.28. The van der Waals surface area contributed by atoms with Gasteiger partial charge in [0.1, 0.15) is 11.1 Å². The summed E-state index contributed by atoms with van der Waals surface area (Å²) in [5.74, 6) is 0.0359. The summed E-state index contributed by atoms with van der Waals surface area (Å²) in [7, 11) is 1.64. The Morgan fingerprint density at radius 2 is 2.14 bits per heavy atom. The molecule has 1 amide bonds. The van der Waals surface area contributed by atoms with E-state index in [1.807, 2.05) is 0 Å². The molecule has 0 spiro atoms. The van der Waals surface area contributed by atoms with E-state index in [1.165, 1.54) is 12.8 Å². The minimum Gasteiger partial charge on any atom is -0.360 e. The molecule has 2 aliphatic heterocycles. The summed E-state index contributed by atoms with van der Waals surface area (Å²) in [5.41, 5.74) is 0. The monoisotopic (exact) mass is 262 g/mol. The van der Waals surface area contributed by atoms with Gasteiger partial charge in [0.25, 0.3) is 0 Å². The van der Waals surface area contributed by atoms with Gasteiger partial charge in [-0.1, -0.05) is 15.9 Å². The minimum atomic E-state index is -0.162. The highest BCUT2D eigenvalue weighted by Gasteiger charge is 2.44. The SMILES string of the molecule is CO[C@H]1NC(=O)[C@@H](Br)[C@@H]1N1CCCC1. The standard InChI is InChI=1S/C9H15BrN2O2/c1-14-9-7(6(10)8(13)11-9)12-4-2-3-5-12/h6-7,9H,2-5H2,1H3,(H,11,13)/t6-,7-,9+/m0/s1. The van der Waals surface area contributed by atoms with E-state index in [0.29, 0.717) is 0 Å². The van der Waals surface area contributed by atoms with Crippen molar-refractivity contribution in [2.45, 2.75) is 29.9 Å². The van der Waals surface area contributed by atoms with Crippen molar-refractivity contribution >= 4 is 21.8 Å². The van der Waals surface area contributed by atoms with Crippen LogP contribution in [0.2, 0.25) is 0 Å². The van der Waals surface area contributed by atoms with Crippen molar-refractivity contribution in [1.82, 2.24) is 10.2 Å². The number of nitrogens with one attached hydrogen (secondary N) is 1. The Kier molecular flexibility index (Phi) is 3.09. The van der Waals surface area contributed by atoms with Crippen LogP contribution in [-0.2, 0) is 9.53 Å². The van der Waals surface area contributed by atoms with Crippen LogP contribution in [0.4, 0.5) is 0 Å². The molecule has 0 saturated carbocycles. The van der Waals surface area contributed by atoms with Gasteiger partial charge in [-0.2, -0.15) is 0 Å². The third kappa shape index (κ3) is 1.68. The molecular formula is C9H15BrN2O2. The third-order valence-corrected chi connectivity index (χ3v) is 3.92. The average molecular weight is 263 g/mol. The van der Waals surface area contributed by atoms with E-state index >= 15 is 0 Å². The quantitative estimate of drug-likeness (QED) is 0.729. The minimum absolute atomic E-state index is 0.0359. The second kappa shape index (κ2) is 4.16. The normalized spacial score (nSPS) is 39.0. The van der Waals surface area contributed by atoms with Crippen LogP contribution >= 0.6 is 15.9 Å². The molecule has 3 atom stereocenters. The number of methoxy groups -OCH3 is 1. The largest absolute Gasteiger partial charge is 0.360 e. The lowest BCUT2D eigenvalue weighted by molar-refractivity contribution is -0.120. The summed E-state index contributed by atoms with van der Waals surface area (Å²) in [6.45, 7) is 2.14. The van der Waals surface area contributed by atoms with Crippen LogP contribution in [0.1, 0.15) is 12.8 Å². The van der Waals surface area contributed by atoms with Gasteiger partial charge in [-0.3, -0.25) is 9.69 Å². The summed E-state index contributed by atoms with van der Waals surface area (Å²) in [6, 6.07) is 0.148. The van der Waals surface area contributed by atoms with Crippen molar-refractivity contribution in [3.05, 3.63) is 0 Å². The van der Waals surface area contributed by atoms with Crippen molar-refractivity contribution in [3.8, 4) is 0 Å². The van der Waals surface area contributed by atoms with Crippen molar-refractivity contribution in [2.24, 2.45) is 0 Å². The first-order valence-electron chi connectivity index (χ1n) is 4.95. The summed E-state index contributed by atoms with van der Waals surface area (Å²) < 4.78 is 5.27. The number of rotatable bonds is 2. The van der Waals surface area contributed by atoms with Crippen LogP contribution in [0, 0.1) is 0 Å². The third-order valence-electron chi connectivity index (χ3n) is 2.96. The lowest BCUT2D eigenvalue weighted by Crippen LogP contribution is -2.46. The summed E-state index contributed by atoms with van der Waals surface area (Å²) in [5, 5.41) is 2.83. The van der Waals surface area contributed by atoms with Crippen LogP contribution < -0.4 is 5.32 Å². The van der Waals surface area contributed by atoms with Crippen molar-refractivity contribution in [1.29, 1.82) is 0 Å². The Morgan fingerprint density at radius 3 is 2.71 bits per heavy atom. The smallest absolute Gasteiger partial charge is 0.237 e. The number of alkyl halides is 1. The number of nitrogens with zero attached hydrogens (tertiary/aromatic N) is 1. The predicted octanol–water partition coefficient (Wildman–Crippen LogP) is 0.317. The van der Waals surface area contributed by atoms with Gasteiger partial charge in [0, 0.05) is 7.11 Å². The van der Waals surface area contributed by atoms with E-state index in [2.05, 4.69) is 26.1 Å². The summed E-state index contributed by atoms with van der Waals surface area (Å²) in [6.07, 6.45) is 2.28. The summed E-state index contributed by atoms with van der Waals surface area (Å²) >= 11 is 3.43. The first kappa shape index (κ1) is 10.4. The molecule has 0 radical (unpaired) electrons. The highest BCUT2D eigenvalue weighted by atomic mass is 79.9. The molecule has 14 heavy (non-hydrogen) atoms. The fraction of sp³-hybridized carbons (Fsp3) is 0.889. The summed E-state index contributed by atoms with van der Waals surface area (Å²) in [4.78, 5) is 13.6. The zero-order chi connectivity index (χ0) is 10.1. The molecule has 2 aliphatic rings. The number of hydrogen-bond donors (Lipinski definition) is 1. The number of halogens is 1. The van der Waals surface area contributed by atoms with Gasteiger partial charge in [-0.25, -0.2) is 0 Å². The molecule has 80 valence electrons. The maximum absolute atomic E-state index is 11.4. The number of carbonyl (C=O) groups is 1. The Labute approximate surface area is 92.1 Å². The van der Waals surface area contributed by atoms with Gasteiger partial charge in [-0.15, -0.1) is 0 Å². The number of amides is 1. The molecule has 0 unspecified atom stereocenters. The van der Waals surface area contributed by atoms with Crippen molar-refractivity contribution in [3.63, 3.8) is 0 Å². The van der Waals surface area contributed by atoms with E-state index in [1.54, 1.807) is 7.11 Å². The number of hydrogen-bond acceptors (Lipinski definition) is 3. The number of likely N-dealkylation sites (tertiary alicyclic amines) is 1. The first-order chi connectivity index (χ1) is 6.74. The van der Waals surface area contributed by atoms with E-state index < -0.39 is 0 Å². The number of ether oxygens (including phenoxy) is 1. The van der Waals surface area contributed by atoms with Gasteiger partial charge in [0.15, 0.2) is 0 Å². The van der Waals surface area contributed by atoms with E-state index in [0.717, 1.165) is 13.1 Å². The molecule has 4 nitrogen and oxygen atoms in total. The fourth-order valence-electron chi connectivity index (χ4n) is 2.23. The van der Waals surface area contributed by atoms with Crippen LogP contribution in [0.3, 0.4) is 0 Å². The van der Waals surface area contributed by atoms with Crippen molar-refractivity contribution < 1.29 is 9.53 Å². The molecular weight excluding hydrogens is 248 g/mol. The molecule has 5 heteroatoms. The zero-order valence-electron chi connectivity index (χ0n) is 8.20. The Balaban J connectivity index is 2.09. The van der Waals surface area contributed by atoms with E-state index in [-0.39, 0.29) is 23.0 Å². The Bertz CT molecular complexity index is 231. The highest BCUT2D eigenvalue weighted by molar-refractivity contribution is 9.10. The molecule has 2 fully saturated rings. The van der Waals surface area contributed by atoms with Gasteiger partial charge in [0.2, 0.25) is 5.91 Å². The molecule has 0 aliphatic carbocycles. The maximum Gasteiger partial charge on any atom is 0.237 e. The lowest BCUT2D eigenvalue weighted by atomic mass is 10.2. The molecule has 0 aromatic rings. The zero-order valence-corrected chi connectivity index (χ0v) is 9.79. The molecule has 2 rings (SSSR count). The molecule has 0 aromatic carbocycles. The van der Waals surface area contributed by atoms with Crippen molar-refractivity contribution in [2.75, 3.05) is 20.2 Å². The van der Waals surface area contributed by atoms with Crippen LogP contribution in [0.15, 0.2) is 0 Å². The average Bonchev–Trinajstić information content (AvgIpc) is 2.76. The topological polar surface area (TPSA) is 41.6 Å². The maximum atomic E-state index is 11.4. The molecule has 2 heterocycles. The second-order valence-electron chi connectivity index (χ2n) is 3.80. The van der Waals surface area contributed by atoms with E-state index in [4.69, 9.17) is 4.74 Å². The van der Waals surface area contributed by atoms with Gasteiger partial charge >= 0.3 is 0 Å². The Hall–Kier alpha value is -0.130. The first-order valence-corrected chi connectivity index (χ1v) is 5.87. The van der Waals surface area contributed by atoms with Crippen LogP contribution in [0.5, 0.6) is 0 Å². The second-order valence-corrected chi connectivity index (χ2v) is 4.79. The van der Waals surface area contributed by atoms with Crippen LogP contribution in [-0.4, -0.2) is 48.1 Å². The molecule has 2 saturated heterocycles. The molecule has 1 N–H and O–H groups in total. The molecule has 0 bridgehead atoms. The van der Waals surface area contributed by atoms with Gasteiger partial charge < -0.3 is 10.1 Å². The fourth-order valence-corrected chi connectivity index (χ4v) is 2.97.